The molecule has 0 amide bonds. The summed E-state index contributed by atoms with van der Waals surface area (Å²) >= 11 is 0. The van der Waals surface area contributed by atoms with Crippen molar-refractivity contribution in [3.05, 3.63) is 29.8 Å². The predicted octanol–water partition coefficient (Wildman–Crippen LogP) is 1.28. The number of sulfonamides is 1. The van der Waals surface area contributed by atoms with Crippen LogP contribution in [0.4, 0.5) is 0 Å². The standard InChI is InChI=1S/C15H24N2O3S/c1-15(2,3)16-7-9-17(10-8-16)21(19,20)14-6-4-5-13(11-14)12-18/h4-6,11,18H,7-10,12H2,1-3H3. The van der Waals surface area contributed by atoms with Crippen LogP contribution in [0.1, 0.15) is 26.3 Å². The van der Waals surface area contributed by atoms with E-state index >= 15 is 0 Å². The molecule has 0 aliphatic carbocycles. The molecule has 1 aromatic rings. The van der Waals surface area contributed by atoms with Gasteiger partial charge in [0, 0.05) is 31.7 Å². The molecular formula is C15H24N2O3S. The second-order valence-corrected chi connectivity index (χ2v) is 8.31. The largest absolute Gasteiger partial charge is 0.392 e. The highest BCUT2D eigenvalue weighted by atomic mass is 32.2. The molecule has 1 heterocycles. The van der Waals surface area contributed by atoms with E-state index in [0.29, 0.717) is 18.7 Å². The number of aliphatic hydroxyl groups excluding tert-OH is 1. The highest BCUT2D eigenvalue weighted by molar-refractivity contribution is 7.89. The van der Waals surface area contributed by atoms with Crippen molar-refractivity contribution in [3.8, 4) is 0 Å². The highest BCUT2D eigenvalue weighted by Crippen LogP contribution is 2.22. The van der Waals surface area contributed by atoms with Gasteiger partial charge in [-0.3, -0.25) is 4.90 Å². The van der Waals surface area contributed by atoms with E-state index in [1.165, 1.54) is 4.31 Å². The summed E-state index contributed by atoms with van der Waals surface area (Å²) in [6, 6.07) is 6.52. The maximum atomic E-state index is 12.6. The van der Waals surface area contributed by atoms with Crippen LogP contribution in [0.5, 0.6) is 0 Å². The third-order valence-electron chi connectivity index (χ3n) is 3.91. The van der Waals surface area contributed by atoms with E-state index in [1.807, 2.05) is 0 Å². The number of benzene rings is 1. The van der Waals surface area contributed by atoms with Gasteiger partial charge in [0.05, 0.1) is 11.5 Å². The Kier molecular flexibility index (Phi) is 4.72. The lowest BCUT2D eigenvalue weighted by atomic mass is 10.1. The summed E-state index contributed by atoms with van der Waals surface area (Å²) in [5.41, 5.74) is 0.677. The topological polar surface area (TPSA) is 60.9 Å². The molecule has 1 aliphatic heterocycles. The van der Waals surface area contributed by atoms with Crippen LogP contribution < -0.4 is 0 Å². The Morgan fingerprint density at radius 1 is 1.14 bits per heavy atom. The summed E-state index contributed by atoms with van der Waals surface area (Å²) in [5, 5.41) is 9.15. The SMILES string of the molecule is CC(C)(C)N1CCN(S(=O)(=O)c2cccc(CO)c2)CC1. The first-order valence-corrected chi connectivity index (χ1v) is 8.64. The molecule has 0 unspecified atom stereocenters. The number of rotatable bonds is 3. The van der Waals surface area contributed by atoms with Crippen molar-refractivity contribution in [3.63, 3.8) is 0 Å². The third-order valence-corrected chi connectivity index (χ3v) is 5.80. The van der Waals surface area contributed by atoms with E-state index in [1.54, 1.807) is 24.3 Å². The predicted molar refractivity (Wildman–Crippen MR) is 82.4 cm³/mol. The third kappa shape index (κ3) is 3.63. The number of piperazine rings is 1. The van der Waals surface area contributed by atoms with Gasteiger partial charge in [0.2, 0.25) is 10.0 Å². The summed E-state index contributed by atoms with van der Waals surface area (Å²) < 4.78 is 26.8. The van der Waals surface area contributed by atoms with Gasteiger partial charge in [-0.2, -0.15) is 4.31 Å². The molecule has 1 fully saturated rings. The maximum absolute atomic E-state index is 12.6. The molecular weight excluding hydrogens is 288 g/mol. The molecule has 0 saturated carbocycles. The smallest absolute Gasteiger partial charge is 0.243 e. The Hall–Kier alpha value is -0.950. The molecule has 0 atom stereocenters. The van der Waals surface area contributed by atoms with Crippen LogP contribution in [0, 0.1) is 0 Å². The number of nitrogens with zero attached hydrogens (tertiary/aromatic N) is 2. The molecule has 1 saturated heterocycles. The fourth-order valence-electron chi connectivity index (χ4n) is 2.55. The van der Waals surface area contributed by atoms with E-state index < -0.39 is 10.0 Å². The first-order chi connectivity index (χ1) is 9.75. The van der Waals surface area contributed by atoms with Crippen molar-refractivity contribution in [2.45, 2.75) is 37.8 Å². The zero-order chi connectivity index (χ0) is 15.7. The monoisotopic (exact) mass is 312 g/mol. The zero-order valence-corrected chi connectivity index (χ0v) is 13.7. The lowest BCUT2D eigenvalue weighted by Gasteiger charge is -2.41. The van der Waals surface area contributed by atoms with Crippen LogP contribution in [-0.4, -0.2) is 54.4 Å². The van der Waals surface area contributed by atoms with Gasteiger partial charge >= 0.3 is 0 Å². The second-order valence-electron chi connectivity index (χ2n) is 6.37. The van der Waals surface area contributed by atoms with Crippen molar-refractivity contribution in [2.75, 3.05) is 26.2 Å². The van der Waals surface area contributed by atoms with Crippen molar-refractivity contribution in [1.29, 1.82) is 0 Å². The van der Waals surface area contributed by atoms with E-state index in [0.717, 1.165) is 13.1 Å². The van der Waals surface area contributed by atoms with Crippen LogP contribution in [-0.2, 0) is 16.6 Å². The Morgan fingerprint density at radius 2 is 1.76 bits per heavy atom. The average Bonchev–Trinajstić information content (AvgIpc) is 2.46. The van der Waals surface area contributed by atoms with Gasteiger partial charge in [-0.1, -0.05) is 12.1 Å². The van der Waals surface area contributed by atoms with E-state index in [9.17, 15) is 8.42 Å². The summed E-state index contributed by atoms with van der Waals surface area (Å²) in [6.45, 7) is 8.75. The fourth-order valence-corrected chi connectivity index (χ4v) is 4.05. The molecule has 1 N–H and O–H groups in total. The van der Waals surface area contributed by atoms with Gasteiger partial charge < -0.3 is 5.11 Å². The van der Waals surface area contributed by atoms with Crippen LogP contribution in [0.2, 0.25) is 0 Å². The number of aliphatic hydroxyl groups is 1. The Morgan fingerprint density at radius 3 is 2.29 bits per heavy atom. The highest BCUT2D eigenvalue weighted by Gasteiger charge is 2.32. The van der Waals surface area contributed by atoms with Crippen LogP contribution in [0.3, 0.4) is 0 Å². The van der Waals surface area contributed by atoms with Gasteiger partial charge in [0.25, 0.3) is 0 Å². The molecule has 0 radical (unpaired) electrons. The van der Waals surface area contributed by atoms with Crippen molar-refractivity contribution in [1.82, 2.24) is 9.21 Å². The summed E-state index contributed by atoms with van der Waals surface area (Å²) in [5.74, 6) is 0. The van der Waals surface area contributed by atoms with Crippen molar-refractivity contribution >= 4 is 10.0 Å². The van der Waals surface area contributed by atoms with E-state index in [-0.39, 0.29) is 17.0 Å². The van der Waals surface area contributed by atoms with Crippen molar-refractivity contribution < 1.29 is 13.5 Å². The number of hydrogen-bond donors (Lipinski definition) is 1. The Balaban J connectivity index is 2.15. The Labute approximate surface area is 127 Å². The Bertz CT molecular complexity index is 585. The van der Waals surface area contributed by atoms with Crippen LogP contribution in [0.25, 0.3) is 0 Å². The average molecular weight is 312 g/mol. The molecule has 21 heavy (non-hydrogen) atoms. The molecule has 0 bridgehead atoms. The van der Waals surface area contributed by atoms with Gasteiger partial charge in [-0.05, 0) is 38.5 Å². The van der Waals surface area contributed by atoms with Crippen molar-refractivity contribution in [2.24, 2.45) is 0 Å². The minimum absolute atomic E-state index is 0.0622. The quantitative estimate of drug-likeness (QED) is 0.913. The summed E-state index contributed by atoms with van der Waals surface area (Å²) in [7, 11) is -3.47. The van der Waals surface area contributed by atoms with Gasteiger partial charge in [-0.25, -0.2) is 8.42 Å². The molecule has 5 nitrogen and oxygen atoms in total. The van der Waals surface area contributed by atoms with Gasteiger partial charge in [0.15, 0.2) is 0 Å². The first-order valence-electron chi connectivity index (χ1n) is 7.20. The maximum Gasteiger partial charge on any atom is 0.243 e. The molecule has 118 valence electrons. The lowest BCUT2D eigenvalue weighted by molar-refractivity contribution is 0.0922. The van der Waals surface area contributed by atoms with E-state index in [2.05, 4.69) is 25.7 Å². The molecule has 2 rings (SSSR count). The fraction of sp³-hybridized carbons (Fsp3) is 0.600. The molecule has 6 heteroatoms. The zero-order valence-electron chi connectivity index (χ0n) is 12.9. The molecule has 0 spiro atoms. The minimum Gasteiger partial charge on any atom is -0.392 e. The summed E-state index contributed by atoms with van der Waals surface area (Å²) in [6.07, 6.45) is 0. The number of hydrogen-bond acceptors (Lipinski definition) is 4. The van der Waals surface area contributed by atoms with E-state index in [4.69, 9.17) is 5.11 Å². The van der Waals surface area contributed by atoms with Gasteiger partial charge in [-0.15, -0.1) is 0 Å². The summed E-state index contributed by atoms with van der Waals surface area (Å²) in [4.78, 5) is 2.56. The van der Waals surface area contributed by atoms with Gasteiger partial charge in [0.1, 0.15) is 0 Å². The lowest BCUT2D eigenvalue weighted by Crippen LogP contribution is -2.54. The normalized spacial score (nSPS) is 18.9. The van der Waals surface area contributed by atoms with Crippen LogP contribution in [0.15, 0.2) is 29.2 Å². The second kappa shape index (κ2) is 6.04. The first kappa shape index (κ1) is 16.4. The molecule has 1 aliphatic rings. The van der Waals surface area contributed by atoms with Crippen LogP contribution >= 0.6 is 0 Å². The molecule has 0 aromatic heterocycles. The molecule has 1 aromatic carbocycles. The minimum atomic E-state index is -3.47.